The van der Waals surface area contributed by atoms with Crippen molar-refractivity contribution in [1.29, 1.82) is 0 Å². The van der Waals surface area contributed by atoms with Gasteiger partial charge in [-0.15, -0.1) is 5.10 Å². The standard InChI is InChI=1S/C16H14N6/c1-10-4-3-5-14(18-10)16-12(9-17-20-16)11-6-7-13-15(8-11)22(2)21-19-13/h3-9H,1-2H3,(H,17,20). The first-order chi connectivity index (χ1) is 10.7. The third kappa shape index (κ3) is 1.96. The molecule has 0 bridgehead atoms. The molecule has 0 saturated heterocycles. The van der Waals surface area contributed by atoms with E-state index in [0.29, 0.717) is 0 Å². The largest absolute Gasteiger partial charge is 0.276 e. The van der Waals surface area contributed by atoms with E-state index in [1.807, 2.05) is 50.5 Å². The van der Waals surface area contributed by atoms with Crippen molar-refractivity contribution in [3.05, 3.63) is 48.3 Å². The number of hydrogen-bond donors (Lipinski definition) is 1. The van der Waals surface area contributed by atoms with E-state index in [1.54, 1.807) is 4.68 Å². The number of rotatable bonds is 2. The molecular weight excluding hydrogens is 276 g/mol. The molecule has 1 aromatic carbocycles. The lowest BCUT2D eigenvalue weighted by Crippen LogP contribution is -1.91. The van der Waals surface area contributed by atoms with Crippen LogP contribution in [0.15, 0.2) is 42.6 Å². The minimum Gasteiger partial charge on any atom is -0.276 e. The van der Waals surface area contributed by atoms with E-state index in [-0.39, 0.29) is 0 Å². The van der Waals surface area contributed by atoms with Gasteiger partial charge in [0.05, 0.1) is 23.1 Å². The minimum atomic E-state index is 0.880. The number of nitrogens with zero attached hydrogens (tertiary/aromatic N) is 5. The highest BCUT2D eigenvalue weighted by Gasteiger charge is 2.12. The molecule has 0 aliphatic carbocycles. The molecule has 108 valence electrons. The maximum atomic E-state index is 4.57. The molecule has 0 saturated carbocycles. The molecule has 0 radical (unpaired) electrons. The fraction of sp³-hybridized carbons (Fsp3) is 0.125. The summed E-state index contributed by atoms with van der Waals surface area (Å²) >= 11 is 0. The van der Waals surface area contributed by atoms with Crippen molar-refractivity contribution in [3.63, 3.8) is 0 Å². The predicted octanol–water partition coefficient (Wildman–Crippen LogP) is 2.73. The van der Waals surface area contributed by atoms with E-state index in [4.69, 9.17) is 0 Å². The van der Waals surface area contributed by atoms with Crippen LogP contribution in [0.4, 0.5) is 0 Å². The van der Waals surface area contributed by atoms with Gasteiger partial charge in [0, 0.05) is 18.3 Å². The molecule has 3 heterocycles. The van der Waals surface area contributed by atoms with Gasteiger partial charge in [-0.1, -0.05) is 17.3 Å². The second-order valence-corrected chi connectivity index (χ2v) is 5.24. The van der Waals surface area contributed by atoms with Gasteiger partial charge in [0.2, 0.25) is 0 Å². The number of aromatic amines is 1. The summed E-state index contributed by atoms with van der Waals surface area (Å²) in [5.41, 5.74) is 6.72. The van der Waals surface area contributed by atoms with Crippen LogP contribution in [0.2, 0.25) is 0 Å². The predicted molar refractivity (Wildman–Crippen MR) is 84.1 cm³/mol. The molecular formula is C16H14N6. The average Bonchev–Trinajstić information content (AvgIpc) is 3.14. The molecule has 0 aliphatic heterocycles. The number of fused-ring (bicyclic) bond motifs is 1. The molecule has 0 aliphatic rings. The van der Waals surface area contributed by atoms with E-state index in [9.17, 15) is 0 Å². The van der Waals surface area contributed by atoms with Crippen LogP contribution in [0, 0.1) is 6.92 Å². The first-order valence-electron chi connectivity index (χ1n) is 6.99. The zero-order chi connectivity index (χ0) is 15.1. The Morgan fingerprint density at radius 3 is 2.91 bits per heavy atom. The zero-order valence-electron chi connectivity index (χ0n) is 12.3. The van der Waals surface area contributed by atoms with Crippen LogP contribution in [0.3, 0.4) is 0 Å². The van der Waals surface area contributed by atoms with Gasteiger partial charge in [-0.05, 0) is 36.8 Å². The normalized spacial score (nSPS) is 11.2. The molecule has 6 nitrogen and oxygen atoms in total. The SMILES string of the molecule is Cc1cccc(-c2[nH]ncc2-c2ccc3nnn(C)c3c2)n1. The highest BCUT2D eigenvalue weighted by molar-refractivity contribution is 5.85. The third-order valence-corrected chi connectivity index (χ3v) is 3.71. The van der Waals surface area contributed by atoms with Crippen molar-refractivity contribution in [1.82, 2.24) is 30.2 Å². The fourth-order valence-corrected chi connectivity index (χ4v) is 2.58. The quantitative estimate of drug-likeness (QED) is 0.616. The molecule has 6 heteroatoms. The molecule has 0 atom stereocenters. The van der Waals surface area contributed by atoms with Crippen LogP contribution in [0.5, 0.6) is 0 Å². The van der Waals surface area contributed by atoms with Crippen molar-refractivity contribution in [2.24, 2.45) is 7.05 Å². The van der Waals surface area contributed by atoms with Crippen LogP contribution in [0.25, 0.3) is 33.5 Å². The van der Waals surface area contributed by atoms with Gasteiger partial charge in [-0.3, -0.25) is 10.1 Å². The lowest BCUT2D eigenvalue weighted by atomic mass is 10.0. The topological polar surface area (TPSA) is 72.3 Å². The Bertz CT molecular complexity index is 966. The fourth-order valence-electron chi connectivity index (χ4n) is 2.58. The van der Waals surface area contributed by atoms with Gasteiger partial charge in [-0.25, -0.2) is 4.68 Å². The monoisotopic (exact) mass is 290 g/mol. The molecule has 0 amide bonds. The van der Waals surface area contributed by atoms with E-state index in [0.717, 1.165) is 39.2 Å². The summed E-state index contributed by atoms with van der Waals surface area (Å²) in [6.07, 6.45) is 1.82. The van der Waals surface area contributed by atoms with Gasteiger partial charge in [0.15, 0.2) is 0 Å². The van der Waals surface area contributed by atoms with Crippen molar-refractivity contribution in [2.45, 2.75) is 6.92 Å². The molecule has 3 aromatic heterocycles. The molecule has 22 heavy (non-hydrogen) atoms. The van der Waals surface area contributed by atoms with E-state index >= 15 is 0 Å². The van der Waals surface area contributed by atoms with Crippen molar-refractivity contribution < 1.29 is 0 Å². The molecule has 0 spiro atoms. The molecule has 4 rings (SSSR count). The molecule has 4 aromatic rings. The van der Waals surface area contributed by atoms with Gasteiger partial charge in [0.25, 0.3) is 0 Å². The number of pyridine rings is 1. The van der Waals surface area contributed by atoms with Crippen molar-refractivity contribution in [2.75, 3.05) is 0 Å². The smallest absolute Gasteiger partial charge is 0.113 e. The summed E-state index contributed by atoms with van der Waals surface area (Å²) in [5.74, 6) is 0. The number of benzene rings is 1. The summed E-state index contributed by atoms with van der Waals surface area (Å²) in [4.78, 5) is 4.57. The van der Waals surface area contributed by atoms with E-state index < -0.39 is 0 Å². The highest BCUT2D eigenvalue weighted by Crippen LogP contribution is 2.30. The van der Waals surface area contributed by atoms with Gasteiger partial charge < -0.3 is 0 Å². The number of nitrogens with one attached hydrogen (secondary N) is 1. The second kappa shape index (κ2) is 4.77. The Kier molecular flexibility index (Phi) is 2.75. The summed E-state index contributed by atoms with van der Waals surface area (Å²) in [5, 5.41) is 15.4. The lowest BCUT2D eigenvalue weighted by Gasteiger charge is -2.04. The number of H-pyrrole nitrogens is 1. The number of hydrogen-bond acceptors (Lipinski definition) is 4. The van der Waals surface area contributed by atoms with Crippen LogP contribution < -0.4 is 0 Å². The molecule has 0 fully saturated rings. The summed E-state index contributed by atoms with van der Waals surface area (Å²) in [7, 11) is 1.89. The number of aromatic nitrogens is 6. The van der Waals surface area contributed by atoms with Crippen LogP contribution in [0.1, 0.15) is 5.69 Å². The lowest BCUT2D eigenvalue weighted by molar-refractivity contribution is 0.736. The summed E-state index contributed by atoms with van der Waals surface area (Å²) in [6.45, 7) is 1.98. The van der Waals surface area contributed by atoms with Crippen molar-refractivity contribution >= 4 is 11.0 Å². The Balaban J connectivity index is 1.89. The first-order valence-corrected chi connectivity index (χ1v) is 6.99. The van der Waals surface area contributed by atoms with Crippen LogP contribution >= 0.6 is 0 Å². The van der Waals surface area contributed by atoms with E-state index in [2.05, 4.69) is 31.6 Å². The average molecular weight is 290 g/mol. The molecule has 1 N–H and O–H groups in total. The maximum Gasteiger partial charge on any atom is 0.113 e. The van der Waals surface area contributed by atoms with Gasteiger partial charge in [-0.2, -0.15) is 5.10 Å². The summed E-state index contributed by atoms with van der Waals surface area (Å²) in [6, 6.07) is 12.0. The summed E-state index contributed by atoms with van der Waals surface area (Å²) < 4.78 is 1.77. The zero-order valence-corrected chi connectivity index (χ0v) is 12.3. The van der Waals surface area contributed by atoms with Crippen LogP contribution in [-0.4, -0.2) is 30.2 Å². The maximum absolute atomic E-state index is 4.57. The Labute approximate surface area is 126 Å². The van der Waals surface area contributed by atoms with Crippen molar-refractivity contribution in [3.8, 4) is 22.5 Å². The van der Waals surface area contributed by atoms with E-state index in [1.165, 1.54) is 0 Å². The van der Waals surface area contributed by atoms with Gasteiger partial charge >= 0.3 is 0 Å². The number of aryl methyl sites for hydroxylation is 2. The third-order valence-electron chi connectivity index (χ3n) is 3.71. The highest BCUT2D eigenvalue weighted by atomic mass is 15.4. The second-order valence-electron chi connectivity index (χ2n) is 5.24. The Morgan fingerprint density at radius 2 is 2.05 bits per heavy atom. The Morgan fingerprint density at radius 1 is 1.14 bits per heavy atom. The van der Waals surface area contributed by atoms with Crippen LogP contribution in [-0.2, 0) is 7.05 Å². The molecule has 0 unspecified atom stereocenters. The minimum absolute atomic E-state index is 0.880. The Hall–Kier alpha value is -3.02. The van der Waals surface area contributed by atoms with Gasteiger partial charge in [0.1, 0.15) is 5.52 Å². The first kappa shape index (κ1) is 12.7.